The van der Waals surface area contributed by atoms with Crippen molar-refractivity contribution in [1.82, 2.24) is 14.8 Å². The second-order valence-electron chi connectivity index (χ2n) is 5.47. The number of aromatic nitrogens is 3. The summed E-state index contributed by atoms with van der Waals surface area (Å²) >= 11 is 0. The van der Waals surface area contributed by atoms with Crippen molar-refractivity contribution < 1.29 is 0 Å². The number of rotatable bonds is 2. The molecular formula is C19H13N5. The molecule has 4 aromatic rings. The van der Waals surface area contributed by atoms with Crippen LogP contribution in [-0.4, -0.2) is 14.8 Å². The van der Waals surface area contributed by atoms with Crippen LogP contribution < -0.4 is 5.73 Å². The molecule has 2 heterocycles. The minimum absolute atomic E-state index is 0.590. The van der Waals surface area contributed by atoms with Gasteiger partial charge in [0.15, 0.2) is 5.69 Å². The van der Waals surface area contributed by atoms with Crippen molar-refractivity contribution in [2.24, 2.45) is 0 Å². The Morgan fingerprint density at radius 1 is 0.958 bits per heavy atom. The molecular weight excluding hydrogens is 298 g/mol. The topological polar surface area (TPSA) is 61.1 Å². The summed E-state index contributed by atoms with van der Waals surface area (Å²) in [5.74, 6) is 0. The smallest absolute Gasteiger partial charge is 0.189 e. The summed E-state index contributed by atoms with van der Waals surface area (Å²) < 4.78 is 1.84. The van der Waals surface area contributed by atoms with E-state index in [4.69, 9.17) is 12.3 Å². The number of nitrogens with zero attached hydrogens (tertiary/aromatic N) is 4. The van der Waals surface area contributed by atoms with E-state index in [1.807, 2.05) is 47.3 Å². The zero-order chi connectivity index (χ0) is 16.5. The first-order chi connectivity index (χ1) is 11.7. The van der Waals surface area contributed by atoms with Gasteiger partial charge in [0.2, 0.25) is 0 Å². The Morgan fingerprint density at radius 2 is 1.88 bits per heavy atom. The zero-order valence-electron chi connectivity index (χ0n) is 12.7. The fourth-order valence-electron chi connectivity index (χ4n) is 2.71. The first-order valence-corrected chi connectivity index (χ1v) is 7.41. The Balaban J connectivity index is 1.89. The van der Waals surface area contributed by atoms with Crippen LogP contribution in [0.2, 0.25) is 0 Å². The Hall–Kier alpha value is -3.65. The van der Waals surface area contributed by atoms with Crippen LogP contribution >= 0.6 is 0 Å². The quantitative estimate of drug-likeness (QED) is 0.564. The maximum atomic E-state index is 7.17. The molecule has 0 spiro atoms. The largest absolute Gasteiger partial charge is 0.397 e. The van der Waals surface area contributed by atoms with Crippen LogP contribution in [0.15, 0.2) is 67.1 Å². The van der Waals surface area contributed by atoms with Crippen molar-refractivity contribution in [3.8, 4) is 16.8 Å². The van der Waals surface area contributed by atoms with Gasteiger partial charge in [-0.05, 0) is 29.8 Å². The third kappa shape index (κ3) is 2.36. The van der Waals surface area contributed by atoms with Crippen molar-refractivity contribution in [1.29, 1.82) is 0 Å². The van der Waals surface area contributed by atoms with E-state index < -0.39 is 0 Å². The standard InChI is InChI=1S/C19H13N5/c1-21-17-3-2-4-18(9-17)24-19-8-13(5-6-14(19)11-23-24)15-7-16(20)12-22-10-15/h2-12H,20H2. The zero-order valence-corrected chi connectivity index (χ0v) is 12.7. The maximum Gasteiger partial charge on any atom is 0.189 e. The summed E-state index contributed by atoms with van der Waals surface area (Å²) in [4.78, 5) is 7.63. The highest BCUT2D eigenvalue weighted by atomic mass is 15.3. The minimum Gasteiger partial charge on any atom is -0.397 e. The highest BCUT2D eigenvalue weighted by molar-refractivity contribution is 5.86. The molecule has 0 atom stereocenters. The second kappa shape index (κ2) is 5.52. The van der Waals surface area contributed by atoms with E-state index in [-0.39, 0.29) is 0 Å². The molecule has 5 nitrogen and oxygen atoms in total. The molecule has 2 aromatic carbocycles. The van der Waals surface area contributed by atoms with Crippen LogP contribution in [0.3, 0.4) is 0 Å². The molecule has 0 radical (unpaired) electrons. The normalized spacial score (nSPS) is 10.6. The predicted molar refractivity (Wildman–Crippen MR) is 95.0 cm³/mol. The van der Waals surface area contributed by atoms with Crippen molar-refractivity contribution in [3.63, 3.8) is 0 Å². The van der Waals surface area contributed by atoms with Gasteiger partial charge in [0.1, 0.15) is 0 Å². The van der Waals surface area contributed by atoms with Gasteiger partial charge in [-0.3, -0.25) is 4.98 Å². The molecule has 5 heteroatoms. The van der Waals surface area contributed by atoms with Crippen LogP contribution in [0.5, 0.6) is 0 Å². The van der Waals surface area contributed by atoms with Crippen LogP contribution in [0.1, 0.15) is 0 Å². The Morgan fingerprint density at radius 3 is 2.71 bits per heavy atom. The Bertz CT molecular complexity index is 1090. The van der Waals surface area contributed by atoms with E-state index in [9.17, 15) is 0 Å². The van der Waals surface area contributed by atoms with Crippen LogP contribution in [0, 0.1) is 6.57 Å². The predicted octanol–water partition coefficient (Wildman–Crippen LogP) is 4.22. The van der Waals surface area contributed by atoms with Crippen molar-refractivity contribution in [2.75, 3.05) is 5.73 Å². The molecule has 0 fully saturated rings. The van der Waals surface area contributed by atoms with Gasteiger partial charge in [-0.2, -0.15) is 5.10 Å². The van der Waals surface area contributed by atoms with Gasteiger partial charge in [0, 0.05) is 23.3 Å². The lowest BCUT2D eigenvalue weighted by atomic mass is 10.1. The van der Waals surface area contributed by atoms with Crippen molar-refractivity contribution in [2.45, 2.75) is 0 Å². The van der Waals surface area contributed by atoms with Gasteiger partial charge in [0.05, 0.1) is 29.7 Å². The van der Waals surface area contributed by atoms with Crippen molar-refractivity contribution >= 4 is 22.3 Å². The van der Waals surface area contributed by atoms with E-state index in [0.29, 0.717) is 11.4 Å². The molecule has 4 rings (SSSR count). The molecule has 0 aliphatic carbocycles. The average Bonchev–Trinajstić information content (AvgIpc) is 3.05. The monoisotopic (exact) mass is 311 g/mol. The second-order valence-corrected chi connectivity index (χ2v) is 5.47. The fourth-order valence-corrected chi connectivity index (χ4v) is 2.71. The van der Waals surface area contributed by atoms with Gasteiger partial charge in [-0.1, -0.05) is 24.3 Å². The van der Waals surface area contributed by atoms with Crippen molar-refractivity contribution in [3.05, 3.63) is 78.5 Å². The molecule has 114 valence electrons. The molecule has 0 aliphatic rings. The number of hydrogen-bond donors (Lipinski definition) is 1. The van der Waals surface area contributed by atoms with Crippen LogP contribution in [0.25, 0.3) is 32.6 Å². The first-order valence-electron chi connectivity index (χ1n) is 7.41. The van der Waals surface area contributed by atoms with Crippen LogP contribution in [0.4, 0.5) is 11.4 Å². The third-order valence-corrected chi connectivity index (χ3v) is 3.87. The van der Waals surface area contributed by atoms with Crippen LogP contribution in [-0.2, 0) is 0 Å². The summed E-state index contributed by atoms with van der Waals surface area (Å²) in [5.41, 5.74) is 10.9. The Labute approximate surface area is 138 Å². The molecule has 2 aromatic heterocycles. The van der Waals surface area contributed by atoms with Gasteiger partial charge in [-0.15, -0.1) is 0 Å². The van der Waals surface area contributed by atoms with E-state index in [0.717, 1.165) is 27.7 Å². The maximum absolute atomic E-state index is 7.17. The highest BCUT2D eigenvalue weighted by Crippen LogP contribution is 2.27. The summed E-state index contributed by atoms with van der Waals surface area (Å²) in [6.07, 6.45) is 5.24. The number of nitrogen functional groups attached to an aromatic ring is 1. The number of hydrogen-bond acceptors (Lipinski definition) is 3. The summed E-state index contributed by atoms with van der Waals surface area (Å²) in [6.45, 7) is 7.17. The van der Waals surface area contributed by atoms with E-state index >= 15 is 0 Å². The molecule has 0 bridgehead atoms. The molecule has 0 aliphatic heterocycles. The first kappa shape index (κ1) is 14.0. The minimum atomic E-state index is 0.590. The molecule has 24 heavy (non-hydrogen) atoms. The molecule has 2 N–H and O–H groups in total. The number of anilines is 1. The lowest BCUT2D eigenvalue weighted by molar-refractivity contribution is 0.911. The lowest BCUT2D eigenvalue weighted by Crippen LogP contribution is -1.95. The number of nitrogens with two attached hydrogens (primary N) is 1. The van der Waals surface area contributed by atoms with E-state index in [1.165, 1.54) is 0 Å². The van der Waals surface area contributed by atoms with E-state index in [2.05, 4.69) is 21.0 Å². The van der Waals surface area contributed by atoms with Gasteiger partial charge >= 0.3 is 0 Å². The number of fused-ring (bicyclic) bond motifs is 1. The lowest BCUT2D eigenvalue weighted by Gasteiger charge is -2.06. The third-order valence-electron chi connectivity index (χ3n) is 3.87. The molecule has 0 saturated carbocycles. The van der Waals surface area contributed by atoms with Gasteiger partial charge in [-0.25, -0.2) is 9.53 Å². The molecule has 0 amide bonds. The highest BCUT2D eigenvalue weighted by Gasteiger charge is 2.08. The number of pyridine rings is 1. The SMILES string of the molecule is [C-]#[N+]c1cccc(-n2ncc3ccc(-c4cncc(N)c4)cc32)c1. The fraction of sp³-hybridized carbons (Fsp3) is 0. The summed E-state index contributed by atoms with van der Waals surface area (Å²) in [6, 6.07) is 15.4. The van der Waals surface area contributed by atoms with Gasteiger partial charge < -0.3 is 5.73 Å². The number of benzene rings is 2. The average molecular weight is 311 g/mol. The van der Waals surface area contributed by atoms with E-state index in [1.54, 1.807) is 18.5 Å². The molecule has 0 saturated heterocycles. The van der Waals surface area contributed by atoms with Gasteiger partial charge in [0.25, 0.3) is 0 Å². The Kier molecular flexibility index (Phi) is 3.22. The summed E-state index contributed by atoms with van der Waals surface area (Å²) in [7, 11) is 0. The summed E-state index contributed by atoms with van der Waals surface area (Å²) in [5, 5.41) is 5.50. The molecule has 0 unspecified atom stereocenters.